The molecule has 0 radical (unpaired) electrons. The van der Waals surface area contributed by atoms with Gasteiger partial charge < -0.3 is 5.11 Å². The molecular weight excluding hydrogens is 250 g/mol. The first-order valence-electron chi connectivity index (χ1n) is 6.61. The molecule has 1 saturated carbocycles. The Morgan fingerprint density at radius 2 is 2.21 bits per heavy atom. The summed E-state index contributed by atoms with van der Waals surface area (Å²) in [5.74, 6) is -2.42. The zero-order valence-electron chi connectivity index (χ0n) is 11.0. The van der Waals surface area contributed by atoms with E-state index in [2.05, 4.69) is 0 Å². The molecule has 4 heteroatoms. The van der Waals surface area contributed by atoms with Crippen LogP contribution in [0.25, 0.3) is 0 Å². The minimum Gasteiger partial charge on any atom is -0.481 e. The number of aliphatic carboxylic acids is 1. The number of benzene rings is 1. The predicted octanol–water partition coefficient (Wildman–Crippen LogP) is 3.79. The van der Waals surface area contributed by atoms with Crippen LogP contribution in [-0.2, 0) is 11.2 Å². The van der Waals surface area contributed by atoms with Crippen LogP contribution < -0.4 is 0 Å². The van der Waals surface area contributed by atoms with Crippen LogP contribution in [0.4, 0.5) is 8.78 Å². The Hall–Kier alpha value is -1.45. The first-order valence-corrected chi connectivity index (χ1v) is 6.61. The maximum atomic E-state index is 13.7. The van der Waals surface area contributed by atoms with E-state index in [0.717, 1.165) is 18.9 Å². The molecule has 0 heterocycles. The number of rotatable bonds is 3. The molecule has 0 amide bonds. The predicted molar refractivity (Wildman–Crippen MR) is 67.8 cm³/mol. The van der Waals surface area contributed by atoms with E-state index in [0.29, 0.717) is 18.8 Å². The van der Waals surface area contributed by atoms with Gasteiger partial charge in [0.15, 0.2) is 11.6 Å². The third-order valence-electron chi connectivity index (χ3n) is 4.11. The van der Waals surface area contributed by atoms with E-state index in [9.17, 15) is 18.7 Å². The van der Waals surface area contributed by atoms with Crippen molar-refractivity contribution in [2.75, 3.05) is 0 Å². The smallest absolute Gasteiger partial charge is 0.309 e. The minimum absolute atomic E-state index is 0.0657. The number of halogens is 2. The molecule has 2 nitrogen and oxygen atoms in total. The van der Waals surface area contributed by atoms with Crippen molar-refractivity contribution in [3.63, 3.8) is 0 Å². The van der Waals surface area contributed by atoms with Crippen LogP contribution in [-0.4, -0.2) is 11.1 Å². The van der Waals surface area contributed by atoms with E-state index in [4.69, 9.17) is 0 Å². The first kappa shape index (κ1) is 14.0. The summed E-state index contributed by atoms with van der Waals surface area (Å²) in [6.45, 7) is 2.01. The van der Waals surface area contributed by atoms with Crippen LogP contribution >= 0.6 is 0 Å². The molecule has 1 N–H and O–H groups in total. The Bertz CT molecular complexity index is 487. The molecule has 0 bridgehead atoms. The molecule has 0 aromatic heterocycles. The molecule has 1 aliphatic carbocycles. The lowest BCUT2D eigenvalue weighted by atomic mass is 9.67. The van der Waals surface area contributed by atoms with Crippen molar-refractivity contribution < 1.29 is 18.7 Å². The molecule has 1 aromatic rings. The molecule has 0 saturated heterocycles. The third-order valence-corrected chi connectivity index (χ3v) is 4.11. The van der Waals surface area contributed by atoms with Crippen molar-refractivity contribution in [2.45, 2.75) is 39.0 Å². The van der Waals surface area contributed by atoms with Crippen molar-refractivity contribution in [1.29, 1.82) is 0 Å². The Morgan fingerprint density at radius 3 is 2.84 bits per heavy atom. The summed E-state index contributed by atoms with van der Waals surface area (Å²) >= 11 is 0. The van der Waals surface area contributed by atoms with Crippen molar-refractivity contribution in [2.24, 2.45) is 11.3 Å². The second-order valence-electron chi connectivity index (χ2n) is 5.68. The van der Waals surface area contributed by atoms with Crippen LogP contribution in [0.5, 0.6) is 0 Å². The highest BCUT2D eigenvalue weighted by Gasteiger charge is 2.42. The maximum Gasteiger partial charge on any atom is 0.309 e. The second-order valence-corrected chi connectivity index (χ2v) is 5.68. The van der Waals surface area contributed by atoms with Crippen LogP contribution in [0.2, 0.25) is 0 Å². The van der Waals surface area contributed by atoms with E-state index in [1.807, 2.05) is 6.92 Å². The van der Waals surface area contributed by atoms with Gasteiger partial charge in [-0.05, 0) is 36.8 Å². The maximum absolute atomic E-state index is 13.7. The van der Waals surface area contributed by atoms with Gasteiger partial charge in [-0.15, -0.1) is 0 Å². The van der Waals surface area contributed by atoms with Gasteiger partial charge >= 0.3 is 5.97 Å². The Labute approximate surface area is 111 Å². The highest BCUT2D eigenvalue weighted by atomic mass is 19.2. The molecule has 1 fully saturated rings. The molecule has 0 spiro atoms. The average Bonchev–Trinajstić information content (AvgIpc) is 2.35. The number of hydrogen-bond acceptors (Lipinski definition) is 1. The molecule has 1 aromatic carbocycles. The lowest BCUT2D eigenvalue weighted by molar-refractivity contribution is -0.152. The van der Waals surface area contributed by atoms with E-state index in [1.165, 1.54) is 12.1 Å². The molecule has 1 aliphatic rings. The van der Waals surface area contributed by atoms with Crippen LogP contribution in [0.3, 0.4) is 0 Å². The van der Waals surface area contributed by atoms with E-state index < -0.39 is 23.0 Å². The summed E-state index contributed by atoms with van der Waals surface area (Å²) in [7, 11) is 0. The quantitative estimate of drug-likeness (QED) is 0.905. The summed E-state index contributed by atoms with van der Waals surface area (Å²) in [5, 5.41) is 9.51. The van der Waals surface area contributed by atoms with Gasteiger partial charge in [0.2, 0.25) is 0 Å². The fourth-order valence-electron chi connectivity index (χ4n) is 3.14. The zero-order chi connectivity index (χ0) is 14.0. The summed E-state index contributed by atoms with van der Waals surface area (Å²) in [4.78, 5) is 11.6. The summed E-state index contributed by atoms with van der Waals surface area (Å²) in [5.41, 5.74) is -0.789. The van der Waals surface area contributed by atoms with Crippen molar-refractivity contribution >= 4 is 5.97 Å². The molecular formula is C15H18F2O2. The third kappa shape index (κ3) is 2.77. The van der Waals surface area contributed by atoms with Gasteiger partial charge in [-0.2, -0.15) is 0 Å². The number of carboxylic acid groups (broad SMARTS) is 1. The van der Waals surface area contributed by atoms with Gasteiger partial charge in [-0.1, -0.05) is 31.9 Å². The lowest BCUT2D eigenvalue weighted by Gasteiger charge is -2.36. The van der Waals surface area contributed by atoms with Crippen LogP contribution in [0.1, 0.15) is 38.2 Å². The van der Waals surface area contributed by atoms with E-state index in [1.54, 1.807) is 0 Å². The van der Waals surface area contributed by atoms with Crippen molar-refractivity contribution in [3.8, 4) is 0 Å². The summed E-state index contributed by atoms with van der Waals surface area (Å²) in [6, 6.07) is 3.95. The topological polar surface area (TPSA) is 37.3 Å². The largest absolute Gasteiger partial charge is 0.481 e. The Morgan fingerprint density at radius 1 is 1.47 bits per heavy atom. The average molecular weight is 268 g/mol. The fraction of sp³-hybridized carbons (Fsp3) is 0.533. The molecule has 2 atom stereocenters. The number of carbonyl (C=O) groups is 1. The number of hydrogen-bond donors (Lipinski definition) is 1. The lowest BCUT2D eigenvalue weighted by Crippen LogP contribution is -2.38. The molecule has 2 rings (SSSR count). The van der Waals surface area contributed by atoms with Crippen molar-refractivity contribution in [3.05, 3.63) is 35.4 Å². The summed E-state index contributed by atoms with van der Waals surface area (Å²) in [6.07, 6.45) is 2.95. The molecule has 104 valence electrons. The Kier molecular flexibility index (Phi) is 3.88. The monoisotopic (exact) mass is 268 g/mol. The van der Waals surface area contributed by atoms with Gasteiger partial charge in [-0.25, -0.2) is 8.78 Å². The molecule has 19 heavy (non-hydrogen) atoms. The van der Waals surface area contributed by atoms with Gasteiger partial charge in [0, 0.05) is 0 Å². The molecule has 2 unspecified atom stereocenters. The van der Waals surface area contributed by atoms with Gasteiger partial charge in [0.25, 0.3) is 0 Å². The highest BCUT2D eigenvalue weighted by Crippen LogP contribution is 2.42. The normalized spacial score (nSPS) is 27.2. The van der Waals surface area contributed by atoms with Crippen LogP contribution in [0, 0.1) is 23.0 Å². The second kappa shape index (κ2) is 5.27. The fourth-order valence-corrected chi connectivity index (χ4v) is 3.14. The highest BCUT2D eigenvalue weighted by molar-refractivity contribution is 5.75. The van der Waals surface area contributed by atoms with Gasteiger partial charge in [0.05, 0.1) is 5.41 Å². The van der Waals surface area contributed by atoms with Gasteiger partial charge in [-0.3, -0.25) is 4.79 Å². The molecule has 0 aliphatic heterocycles. The zero-order valence-corrected chi connectivity index (χ0v) is 11.0. The standard InChI is InChI=1S/C15H18F2O2/c1-10-4-3-7-15(8-10,14(18)19)9-11-5-2-6-12(16)13(11)17/h2,5-6,10H,3-4,7-9H2,1H3,(H,18,19). The SMILES string of the molecule is CC1CCCC(Cc2cccc(F)c2F)(C(=O)O)C1. The Balaban J connectivity index is 2.31. The minimum atomic E-state index is -0.952. The van der Waals surface area contributed by atoms with Gasteiger partial charge in [0.1, 0.15) is 0 Å². The van der Waals surface area contributed by atoms with Crippen LogP contribution in [0.15, 0.2) is 18.2 Å². The van der Waals surface area contributed by atoms with E-state index in [-0.39, 0.29) is 12.0 Å². The number of carboxylic acids is 1. The van der Waals surface area contributed by atoms with Crippen molar-refractivity contribution in [1.82, 2.24) is 0 Å². The first-order chi connectivity index (χ1) is 8.94. The van der Waals surface area contributed by atoms with E-state index >= 15 is 0 Å². The summed E-state index contributed by atoms with van der Waals surface area (Å²) < 4.78 is 26.9.